The van der Waals surface area contributed by atoms with Crippen LogP contribution < -0.4 is 11.1 Å². The van der Waals surface area contributed by atoms with Gasteiger partial charge < -0.3 is 11.1 Å². The molecular formula is C12H16N4OS. The maximum atomic E-state index is 11.7. The highest BCUT2D eigenvalue weighted by molar-refractivity contribution is 7.11. The Morgan fingerprint density at radius 1 is 1.50 bits per heavy atom. The third-order valence-corrected chi connectivity index (χ3v) is 3.71. The topological polar surface area (TPSA) is 72.9 Å². The summed E-state index contributed by atoms with van der Waals surface area (Å²) in [5, 5.41) is 6.83. The van der Waals surface area contributed by atoms with Crippen LogP contribution >= 0.6 is 11.3 Å². The van der Waals surface area contributed by atoms with E-state index < -0.39 is 0 Å². The van der Waals surface area contributed by atoms with Gasteiger partial charge in [-0.3, -0.25) is 9.48 Å². The van der Waals surface area contributed by atoms with Crippen LogP contribution in [0, 0.1) is 0 Å². The van der Waals surface area contributed by atoms with Crippen molar-refractivity contribution >= 4 is 22.9 Å². The lowest BCUT2D eigenvalue weighted by Crippen LogP contribution is -2.26. The van der Waals surface area contributed by atoms with Crippen LogP contribution in [-0.4, -0.2) is 15.7 Å². The van der Waals surface area contributed by atoms with Gasteiger partial charge in [0.1, 0.15) is 6.54 Å². The summed E-state index contributed by atoms with van der Waals surface area (Å²) in [4.78, 5) is 14.2. The molecule has 0 fully saturated rings. The molecule has 2 aromatic heterocycles. The van der Waals surface area contributed by atoms with Gasteiger partial charge in [0.15, 0.2) is 0 Å². The number of nitrogens with zero attached hydrogens (tertiary/aromatic N) is 2. The van der Waals surface area contributed by atoms with E-state index in [1.807, 2.05) is 0 Å². The molecular weight excluding hydrogens is 248 g/mol. The van der Waals surface area contributed by atoms with Gasteiger partial charge in [-0.2, -0.15) is 5.10 Å². The van der Waals surface area contributed by atoms with Crippen molar-refractivity contribution in [2.75, 3.05) is 5.73 Å². The molecule has 5 nitrogen and oxygen atoms in total. The maximum Gasteiger partial charge on any atom is 0.242 e. The zero-order valence-corrected chi connectivity index (χ0v) is 11.0. The van der Waals surface area contributed by atoms with Crippen LogP contribution in [0.4, 0.5) is 5.69 Å². The number of nitrogens with one attached hydrogen (secondary N) is 1. The standard InChI is InChI=1S/C12H16N4OS/c1-2-10-3-4-11(18-10)6-14-12(17)8-16-7-9(13)5-15-16/h3-5,7H,2,6,8,13H2,1H3,(H,14,17). The Balaban J connectivity index is 1.81. The summed E-state index contributed by atoms with van der Waals surface area (Å²) in [6, 6.07) is 4.15. The van der Waals surface area contributed by atoms with Crippen LogP contribution in [0.5, 0.6) is 0 Å². The minimum Gasteiger partial charge on any atom is -0.396 e. The molecule has 0 bridgehead atoms. The number of carbonyl (C=O) groups excluding carboxylic acids is 1. The lowest BCUT2D eigenvalue weighted by molar-refractivity contribution is -0.122. The summed E-state index contributed by atoms with van der Waals surface area (Å²) >= 11 is 1.73. The van der Waals surface area contributed by atoms with Crippen LogP contribution in [0.15, 0.2) is 24.5 Å². The molecule has 0 saturated heterocycles. The number of aryl methyl sites for hydroxylation is 1. The third-order valence-electron chi connectivity index (χ3n) is 2.48. The van der Waals surface area contributed by atoms with Crippen LogP contribution in [0.3, 0.4) is 0 Å². The first-order valence-corrected chi connectivity index (χ1v) is 6.61. The van der Waals surface area contributed by atoms with E-state index in [0.29, 0.717) is 12.2 Å². The first kappa shape index (κ1) is 12.6. The first-order valence-electron chi connectivity index (χ1n) is 5.79. The molecule has 18 heavy (non-hydrogen) atoms. The molecule has 2 heterocycles. The normalized spacial score (nSPS) is 10.5. The van der Waals surface area contributed by atoms with Gasteiger partial charge in [0.25, 0.3) is 0 Å². The molecule has 0 aromatic carbocycles. The van der Waals surface area contributed by atoms with Crippen molar-refractivity contribution in [1.82, 2.24) is 15.1 Å². The number of hydrogen-bond donors (Lipinski definition) is 2. The van der Waals surface area contributed by atoms with Gasteiger partial charge in [0.2, 0.25) is 5.91 Å². The van der Waals surface area contributed by atoms with Crippen molar-refractivity contribution in [3.05, 3.63) is 34.3 Å². The van der Waals surface area contributed by atoms with E-state index in [2.05, 4.69) is 29.5 Å². The Hall–Kier alpha value is -1.82. The van der Waals surface area contributed by atoms with Crippen molar-refractivity contribution in [1.29, 1.82) is 0 Å². The van der Waals surface area contributed by atoms with Crippen molar-refractivity contribution in [3.8, 4) is 0 Å². The minimum absolute atomic E-state index is 0.0652. The number of rotatable bonds is 5. The van der Waals surface area contributed by atoms with E-state index in [1.54, 1.807) is 17.5 Å². The second-order valence-electron chi connectivity index (χ2n) is 3.97. The molecule has 0 aliphatic carbocycles. The SMILES string of the molecule is CCc1ccc(CNC(=O)Cn2cc(N)cn2)s1. The predicted octanol–water partition coefficient (Wildman–Crippen LogP) is 1.41. The molecule has 0 saturated carbocycles. The molecule has 3 N–H and O–H groups in total. The van der Waals surface area contributed by atoms with Gasteiger partial charge >= 0.3 is 0 Å². The van der Waals surface area contributed by atoms with Gasteiger partial charge in [-0.25, -0.2) is 0 Å². The lowest BCUT2D eigenvalue weighted by atomic mass is 10.3. The zero-order valence-electron chi connectivity index (χ0n) is 10.2. The Morgan fingerprint density at radius 3 is 2.89 bits per heavy atom. The molecule has 0 unspecified atom stereocenters. The van der Waals surface area contributed by atoms with E-state index in [0.717, 1.165) is 6.42 Å². The summed E-state index contributed by atoms with van der Waals surface area (Å²) in [6.45, 7) is 2.89. The van der Waals surface area contributed by atoms with E-state index in [-0.39, 0.29) is 12.5 Å². The number of nitrogens with two attached hydrogens (primary N) is 1. The third kappa shape index (κ3) is 3.33. The van der Waals surface area contributed by atoms with Crippen LogP contribution in [0.1, 0.15) is 16.7 Å². The Kier molecular flexibility index (Phi) is 3.99. The molecule has 0 aliphatic rings. The van der Waals surface area contributed by atoms with E-state index in [4.69, 9.17) is 5.73 Å². The number of hydrogen-bond acceptors (Lipinski definition) is 4. The van der Waals surface area contributed by atoms with Crippen molar-refractivity contribution in [2.24, 2.45) is 0 Å². The number of thiophene rings is 1. The van der Waals surface area contributed by atoms with Crippen molar-refractivity contribution < 1.29 is 4.79 Å². The highest BCUT2D eigenvalue weighted by Gasteiger charge is 2.05. The smallest absolute Gasteiger partial charge is 0.242 e. The highest BCUT2D eigenvalue weighted by Crippen LogP contribution is 2.16. The fourth-order valence-electron chi connectivity index (χ4n) is 1.56. The molecule has 1 amide bonds. The van der Waals surface area contributed by atoms with Gasteiger partial charge in [0, 0.05) is 16.0 Å². The second kappa shape index (κ2) is 5.68. The number of nitrogen functional groups attached to an aromatic ring is 1. The second-order valence-corrected chi connectivity index (χ2v) is 5.22. The summed E-state index contributed by atoms with van der Waals surface area (Å²) in [5.41, 5.74) is 6.09. The molecule has 2 aromatic rings. The molecule has 0 radical (unpaired) electrons. The van der Waals surface area contributed by atoms with Crippen LogP contribution in [0.2, 0.25) is 0 Å². The molecule has 6 heteroatoms. The number of amides is 1. The Labute approximate surface area is 110 Å². The van der Waals surface area contributed by atoms with Crippen LogP contribution in [0.25, 0.3) is 0 Å². The van der Waals surface area contributed by atoms with Gasteiger partial charge in [-0.05, 0) is 18.6 Å². The quantitative estimate of drug-likeness (QED) is 0.857. The van der Waals surface area contributed by atoms with E-state index in [9.17, 15) is 4.79 Å². The Morgan fingerprint density at radius 2 is 2.28 bits per heavy atom. The zero-order chi connectivity index (χ0) is 13.0. The fourth-order valence-corrected chi connectivity index (χ4v) is 2.46. The minimum atomic E-state index is -0.0652. The highest BCUT2D eigenvalue weighted by atomic mass is 32.1. The molecule has 96 valence electrons. The van der Waals surface area contributed by atoms with Gasteiger partial charge in [-0.1, -0.05) is 6.92 Å². The summed E-state index contributed by atoms with van der Waals surface area (Å²) in [5.74, 6) is -0.0652. The average molecular weight is 264 g/mol. The average Bonchev–Trinajstić information content (AvgIpc) is 2.95. The van der Waals surface area contributed by atoms with Crippen molar-refractivity contribution in [3.63, 3.8) is 0 Å². The van der Waals surface area contributed by atoms with Crippen LogP contribution in [-0.2, 0) is 24.3 Å². The molecule has 0 aliphatic heterocycles. The lowest BCUT2D eigenvalue weighted by Gasteiger charge is -2.03. The van der Waals surface area contributed by atoms with Crippen molar-refractivity contribution in [2.45, 2.75) is 26.4 Å². The monoisotopic (exact) mass is 264 g/mol. The maximum absolute atomic E-state index is 11.7. The van der Waals surface area contributed by atoms with E-state index in [1.165, 1.54) is 20.6 Å². The van der Waals surface area contributed by atoms with Gasteiger partial charge in [-0.15, -0.1) is 11.3 Å². The number of anilines is 1. The summed E-state index contributed by atoms with van der Waals surface area (Å²) < 4.78 is 1.52. The molecule has 0 atom stereocenters. The first-order chi connectivity index (χ1) is 8.67. The molecule has 0 spiro atoms. The van der Waals surface area contributed by atoms with E-state index >= 15 is 0 Å². The Bertz CT molecular complexity index is 532. The number of carbonyl (C=O) groups is 1. The van der Waals surface area contributed by atoms with Gasteiger partial charge in [0.05, 0.1) is 18.4 Å². The summed E-state index contributed by atoms with van der Waals surface area (Å²) in [6.07, 6.45) is 4.20. The number of aromatic nitrogens is 2. The predicted molar refractivity (Wildman–Crippen MR) is 72.2 cm³/mol. The fraction of sp³-hybridized carbons (Fsp3) is 0.333. The summed E-state index contributed by atoms with van der Waals surface area (Å²) in [7, 11) is 0. The largest absolute Gasteiger partial charge is 0.396 e. The molecule has 2 rings (SSSR count).